The fourth-order valence-corrected chi connectivity index (χ4v) is 1.58. The second kappa shape index (κ2) is 7.84. The lowest BCUT2D eigenvalue weighted by molar-refractivity contribution is 0.157. The standard InChI is InChI=1S/C13H24N4O3/c1-9(2)8-11-15-12(20-16-11)10(3)14-13(18)17(4)6-7-19-5/h9-10H,6-8H2,1-5H3,(H,14,18)/t10-/m1/s1. The molecule has 2 amide bonds. The lowest BCUT2D eigenvalue weighted by Crippen LogP contribution is -2.40. The highest BCUT2D eigenvalue weighted by Crippen LogP contribution is 2.12. The Morgan fingerprint density at radius 1 is 1.45 bits per heavy atom. The summed E-state index contributed by atoms with van der Waals surface area (Å²) >= 11 is 0. The number of hydrogen-bond donors (Lipinski definition) is 1. The quantitative estimate of drug-likeness (QED) is 0.823. The van der Waals surface area contributed by atoms with Crippen molar-refractivity contribution in [3.05, 3.63) is 11.7 Å². The molecular formula is C13H24N4O3. The van der Waals surface area contributed by atoms with Crippen LogP contribution in [-0.4, -0.2) is 48.4 Å². The molecule has 0 saturated carbocycles. The number of aromatic nitrogens is 2. The van der Waals surface area contributed by atoms with Crippen molar-refractivity contribution in [2.75, 3.05) is 27.3 Å². The summed E-state index contributed by atoms with van der Waals surface area (Å²) in [4.78, 5) is 17.7. The van der Waals surface area contributed by atoms with Gasteiger partial charge in [-0.05, 0) is 12.8 Å². The maximum atomic E-state index is 11.9. The van der Waals surface area contributed by atoms with Gasteiger partial charge >= 0.3 is 6.03 Å². The van der Waals surface area contributed by atoms with E-state index in [1.807, 2.05) is 6.92 Å². The number of carbonyl (C=O) groups excluding carboxylic acids is 1. The van der Waals surface area contributed by atoms with Gasteiger partial charge in [-0.25, -0.2) is 4.79 Å². The van der Waals surface area contributed by atoms with E-state index in [4.69, 9.17) is 9.26 Å². The number of ether oxygens (including phenoxy) is 1. The minimum atomic E-state index is -0.319. The van der Waals surface area contributed by atoms with Gasteiger partial charge in [0, 0.05) is 27.1 Å². The molecule has 0 aromatic carbocycles. The van der Waals surface area contributed by atoms with E-state index < -0.39 is 0 Å². The predicted molar refractivity (Wildman–Crippen MR) is 74.3 cm³/mol. The van der Waals surface area contributed by atoms with E-state index in [0.717, 1.165) is 6.42 Å². The summed E-state index contributed by atoms with van der Waals surface area (Å²) in [6.45, 7) is 7.02. The third kappa shape index (κ3) is 5.16. The van der Waals surface area contributed by atoms with Gasteiger partial charge < -0.3 is 19.5 Å². The number of likely N-dealkylation sites (N-methyl/N-ethyl adjacent to an activating group) is 1. The van der Waals surface area contributed by atoms with Gasteiger partial charge in [-0.2, -0.15) is 4.98 Å². The largest absolute Gasteiger partial charge is 0.383 e. The van der Waals surface area contributed by atoms with Crippen molar-refractivity contribution >= 4 is 6.03 Å². The molecule has 0 radical (unpaired) electrons. The first-order chi connectivity index (χ1) is 9.43. The van der Waals surface area contributed by atoms with Crippen LogP contribution in [0.25, 0.3) is 0 Å². The van der Waals surface area contributed by atoms with E-state index in [2.05, 4.69) is 29.3 Å². The molecule has 0 spiro atoms. The minimum absolute atomic E-state index is 0.196. The van der Waals surface area contributed by atoms with E-state index in [1.165, 1.54) is 0 Å². The van der Waals surface area contributed by atoms with E-state index >= 15 is 0 Å². The van der Waals surface area contributed by atoms with Crippen molar-refractivity contribution in [3.8, 4) is 0 Å². The van der Waals surface area contributed by atoms with Crippen LogP contribution >= 0.6 is 0 Å². The highest BCUT2D eigenvalue weighted by atomic mass is 16.5. The Bertz CT molecular complexity index is 420. The van der Waals surface area contributed by atoms with Gasteiger partial charge in [0.15, 0.2) is 5.82 Å². The van der Waals surface area contributed by atoms with Crippen LogP contribution in [-0.2, 0) is 11.2 Å². The molecule has 1 N–H and O–H groups in total. The molecule has 1 heterocycles. The Morgan fingerprint density at radius 2 is 2.15 bits per heavy atom. The van der Waals surface area contributed by atoms with Gasteiger partial charge in [-0.1, -0.05) is 19.0 Å². The summed E-state index contributed by atoms with van der Waals surface area (Å²) in [5, 5.41) is 6.71. The fraction of sp³-hybridized carbons (Fsp3) is 0.769. The summed E-state index contributed by atoms with van der Waals surface area (Å²) < 4.78 is 10.1. The van der Waals surface area contributed by atoms with E-state index in [0.29, 0.717) is 30.8 Å². The molecule has 1 atom stereocenters. The smallest absolute Gasteiger partial charge is 0.317 e. The average molecular weight is 284 g/mol. The third-order valence-electron chi connectivity index (χ3n) is 2.76. The van der Waals surface area contributed by atoms with Crippen LogP contribution in [0.1, 0.15) is 38.5 Å². The van der Waals surface area contributed by atoms with Gasteiger partial charge in [0.1, 0.15) is 6.04 Å². The first kappa shape index (κ1) is 16.4. The van der Waals surface area contributed by atoms with Crippen molar-refractivity contribution in [3.63, 3.8) is 0 Å². The number of rotatable bonds is 7. The van der Waals surface area contributed by atoms with Crippen LogP contribution in [0.15, 0.2) is 4.52 Å². The maximum Gasteiger partial charge on any atom is 0.317 e. The number of nitrogens with zero attached hydrogens (tertiary/aromatic N) is 3. The van der Waals surface area contributed by atoms with Gasteiger partial charge in [-0.3, -0.25) is 0 Å². The Kier molecular flexibility index (Phi) is 6.44. The van der Waals surface area contributed by atoms with Crippen molar-refractivity contribution < 1.29 is 14.1 Å². The normalized spacial score (nSPS) is 12.5. The fourth-order valence-electron chi connectivity index (χ4n) is 1.58. The Labute approximate surface area is 119 Å². The lowest BCUT2D eigenvalue weighted by atomic mass is 10.1. The molecule has 0 aliphatic rings. The first-order valence-corrected chi connectivity index (χ1v) is 6.77. The van der Waals surface area contributed by atoms with Crippen LogP contribution in [0, 0.1) is 5.92 Å². The van der Waals surface area contributed by atoms with Gasteiger partial charge in [0.2, 0.25) is 5.89 Å². The molecule has 20 heavy (non-hydrogen) atoms. The molecule has 1 rings (SSSR count). The number of nitrogens with one attached hydrogen (secondary N) is 1. The summed E-state index contributed by atoms with van der Waals surface area (Å²) in [7, 11) is 3.31. The number of hydrogen-bond acceptors (Lipinski definition) is 5. The number of carbonyl (C=O) groups is 1. The van der Waals surface area contributed by atoms with E-state index in [9.17, 15) is 4.79 Å². The highest BCUT2D eigenvalue weighted by molar-refractivity contribution is 5.74. The first-order valence-electron chi connectivity index (χ1n) is 6.77. The molecule has 0 bridgehead atoms. The van der Waals surface area contributed by atoms with Crippen molar-refractivity contribution in [2.24, 2.45) is 5.92 Å². The molecule has 7 heteroatoms. The molecule has 0 aliphatic carbocycles. The van der Waals surface area contributed by atoms with E-state index in [1.54, 1.807) is 19.1 Å². The zero-order valence-corrected chi connectivity index (χ0v) is 12.8. The Hall–Kier alpha value is -1.63. The summed E-state index contributed by atoms with van der Waals surface area (Å²) in [6.07, 6.45) is 0.762. The Balaban J connectivity index is 2.51. The van der Waals surface area contributed by atoms with Crippen molar-refractivity contribution in [1.82, 2.24) is 20.4 Å². The van der Waals surface area contributed by atoms with Crippen LogP contribution < -0.4 is 5.32 Å². The summed E-state index contributed by atoms with van der Waals surface area (Å²) in [5.41, 5.74) is 0. The molecule has 114 valence electrons. The van der Waals surface area contributed by atoms with Gasteiger partial charge in [0.05, 0.1) is 6.61 Å². The lowest BCUT2D eigenvalue weighted by Gasteiger charge is -2.19. The third-order valence-corrected chi connectivity index (χ3v) is 2.76. The molecule has 0 saturated heterocycles. The van der Waals surface area contributed by atoms with Crippen LogP contribution in [0.5, 0.6) is 0 Å². The zero-order chi connectivity index (χ0) is 15.1. The topological polar surface area (TPSA) is 80.5 Å². The Morgan fingerprint density at radius 3 is 2.75 bits per heavy atom. The molecular weight excluding hydrogens is 260 g/mol. The molecule has 1 aromatic rings. The molecule has 1 aromatic heterocycles. The molecule has 0 unspecified atom stereocenters. The maximum absolute atomic E-state index is 11.9. The summed E-state index contributed by atoms with van der Waals surface area (Å²) in [6, 6.07) is -0.515. The van der Waals surface area contributed by atoms with Gasteiger partial charge in [0.25, 0.3) is 0 Å². The summed E-state index contributed by atoms with van der Waals surface area (Å²) in [5.74, 6) is 1.56. The second-order valence-electron chi connectivity index (χ2n) is 5.23. The van der Waals surface area contributed by atoms with Crippen LogP contribution in [0.4, 0.5) is 4.79 Å². The number of urea groups is 1. The van der Waals surface area contributed by atoms with Crippen molar-refractivity contribution in [2.45, 2.75) is 33.2 Å². The van der Waals surface area contributed by atoms with Crippen LogP contribution in [0.2, 0.25) is 0 Å². The molecule has 0 aliphatic heterocycles. The highest BCUT2D eigenvalue weighted by Gasteiger charge is 2.18. The molecule has 0 fully saturated rings. The van der Waals surface area contributed by atoms with Crippen LogP contribution in [0.3, 0.4) is 0 Å². The molecule has 7 nitrogen and oxygen atoms in total. The average Bonchev–Trinajstić information content (AvgIpc) is 2.83. The van der Waals surface area contributed by atoms with Crippen molar-refractivity contribution in [1.29, 1.82) is 0 Å². The minimum Gasteiger partial charge on any atom is -0.383 e. The van der Waals surface area contributed by atoms with Gasteiger partial charge in [-0.15, -0.1) is 0 Å². The number of amides is 2. The number of methoxy groups -OCH3 is 1. The zero-order valence-electron chi connectivity index (χ0n) is 12.8. The predicted octanol–water partition coefficient (Wildman–Crippen LogP) is 1.62. The SMILES string of the molecule is COCCN(C)C(=O)N[C@H](C)c1nc(CC(C)C)no1. The monoisotopic (exact) mass is 284 g/mol. The van der Waals surface area contributed by atoms with E-state index in [-0.39, 0.29) is 12.1 Å². The second-order valence-corrected chi connectivity index (χ2v) is 5.23.